The van der Waals surface area contributed by atoms with Crippen molar-refractivity contribution in [2.24, 2.45) is 5.84 Å². The summed E-state index contributed by atoms with van der Waals surface area (Å²) in [4.78, 5) is 4.29. The molecule has 0 amide bonds. The third-order valence-electron chi connectivity index (χ3n) is 3.08. The van der Waals surface area contributed by atoms with Gasteiger partial charge in [0.2, 0.25) is 0 Å². The van der Waals surface area contributed by atoms with Crippen LogP contribution in [0.4, 0.5) is 0 Å². The Morgan fingerprint density at radius 3 is 2.74 bits per heavy atom. The van der Waals surface area contributed by atoms with E-state index in [9.17, 15) is 0 Å². The molecule has 5 nitrogen and oxygen atoms in total. The van der Waals surface area contributed by atoms with Gasteiger partial charge in [-0.05, 0) is 32.4 Å². The van der Waals surface area contributed by atoms with E-state index in [1.807, 2.05) is 23.7 Å². The largest absolute Gasteiger partial charge is 0.271 e. The Balaban J connectivity index is 2.55. The topological polar surface area (TPSA) is 68.8 Å². The molecule has 102 valence electrons. The van der Waals surface area contributed by atoms with Gasteiger partial charge in [0.15, 0.2) is 0 Å². The summed E-state index contributed by atoms with van der Waals surface area (Å²) >= 11 is 6.27. The van der Waals surface area contributed by atoms with E-state index in [0.29, 0.717) is 5.02 Å². The molecular weight excluding hydrogens is 262 g/mol. The number of rotatable bonds is 4. The van der Waals surface area contributed by atoms with Crippen LogP contribution in [0.5, 0.6) is 0 Å². The highest BCUT2D eigenvalue weighted by atomic mass is 35.5. The first kappa shape index (κ1) is 14.0. The van der Waals surface area contributed by atoms with Crippen LogP contribution >= 0.6 is 11.6 Å². The van der Waals surface area contributed by atoms with Crippen LogP contribution in [0.2, 0.25) is 5.02 Å². The van der Waals surface area contributed by atoms with Crippen molar-refractivity contribution in [2.75, 3.05) is 0 Å². The monoisotopic (exact) mass is 279 g/mol. The molecular formula is C13H18ClN5. The molecule has 0 aromatic carbocycles. The molecule has 0 saturated carbocycles. The van der Waals surface area contributed by atoms with Gasteiger partial charge in [-0.25, -0.2) is 5.43 Å². The maximum absolute atomic E-state index is 6.27. The number of nitrogens with one attached hydrogen (secondary N) is 1. The summed E-state index contributed by atoms with van der Waals surface area (Å²) < 4.78 is 1.87. The highest BCUT2D eigenvalue weighted by Gasteiger charge is 2.23. The van der Waals surface area contributed by atoms with Gasteiger partial charge in [0.25, 0.3) is 0 Å². The minimum atomic E-state index is -0.230. The van der Waals surface area contributed by atoms with E-state index in [2.05, 4.69) is 29.4 Å². The standard InChI is InChI=1S/C13H18ClN5/c1-8(2)19-13(11(14)7-17-19)12(18-15)10-5-4-6-16-9(10)3/h4-8,12,18H,15H2,1-3H3. The second kappa shape index (κ2) is 5.69. The number of hydrogen-bond donors (Lipinski definition) is 2. The van der Waals surface area contributed by atoms with E-state index in [4.69, 9.17) is 17.4 Å². The molecule has 0 aliphatic heterocycles. The van der Waals surface area contributed by atoms with Crippen molar-refractivity contribution < 1.29 is 0 Å². The van der Waals surface area contributed by atoms with Crippen molar-refractivity contribution in [3.63, 3.8) is 0 Å². The van der Waals surface area contributed by atoms with Crippen molar-refractivity contribution in [1.82, 2.24) is 20.2 Å². The predicted molar refractivity (Wildman–Crippen MR) is 75.8 cm³/mol. The van der Waals surface area contributed by atoms with Crippen LogP contribution in [-0.4, -0.2) is 14.8 Å². The fourth-order valence-corrected chi connectivity index (χ4v) is 2.39. The zero-order valence-corrected chi connectivity index (χ0v) is 12.0. The molecule has 0 fully saturated rings. The first-order chi connectivity index (χ1) is 9.06. The van der Waals surface area contributed by atoms with Crippen LogP contribution in [-0.2, 0) is 0 Å². The summed E-state index contributed by atoms with van der Waals surface area (Å²) in [6, 6.07) is 3.85. The molecule has 19 heavy (non-hydrogen) atoms. The number of aromatic nitrogens is 3. The molecule has 6 heteroatoms. The van der Waals surface area contributed by atoms with E-state index in [1.54, 1.807) is 12.4 Å². The third-order valence-corrected chi connectivity index (χ3v) is 3.37. The lowest BCUT2D eigenvalue weighted by Crippen LogP contribution is -2.32. The summed E-state index contributed by atoms with van der Waals surface area (Å²) in [6.45, 7) is 6.05. The zero-order chi connectivity index (χ0) is 14.0. The second-order valence-electron chi connectivity index (χ2n) is 4.69. The summed E-state index contributed by atoms with van der Waals surface area (Å²) in [6.07, 6.45) is 3.40. The molecule has 0 saturated heterocycles. The minimum Gasteiger partial charge on any atom is -0.271 e. The fourth-order valence-electron chi connectivity index (χ4n) is 2.15. The maximum atomic E-state index is 6.27. The first-order valence-corrected chi connectivity index (χ1v) is 6.54. The Labute approximate surface area is 117 Å². The molecule has 2 rings (SSSR count). The van der Waals surface area contributed by atoms with Crippen LogP contribution < -0.4 is 11.3 Å². The molecule has 0 aliphatic carbocycles. The summed E-state index contributed by atoms with van der Waals surface area (Å²) in [5, 5.41) is 4.91. The van der Waals surface area contributed by atoms with E-state index < -0.39 is 0 Å². The molecule has 3 N–H and O–H groups in total. The zero-order valence-electron chi connectivity index (χ0n) is 11.3. The molecule has 0 radical (unpaired) electrons. The molecule has 2 heterocycles. The van der Waals surface area contributed by atoms with Crippen molar-refractivity contribution in [3.8, 4) is 0 Å². The van der Waals surface area contributed by atoms with E-state index in [1.165, 1.54) is 0 Å². The van der Waals surface area contributed by atoms with E-state index in [0.717, 1.165) is 17.0 Å². The van der Waals surface area contributed by atoms with Gasteiger partial charge in [-0.2, -0.15) is 5.10 Å². The normalized spacial score (nSPS) is 12.9. The molecule has 2 aromatic rings. The molecule has 1 unspecified atom stereocenters. The lowest BCUT2D eigenvalue weighted by atomic mass is 10.0. The number of halogens is 1. The number of nitrogens with zero attached hydrogens (tertiary/aromatic N) is 3. The van der Waals surface area contributed by atoms with E-state index >= 15 is 0 Å². The van der Waals surface area contributed by atoms with Gasteiger partial charge in [-0.1, -0.05) is 17.7 Å². The minimum absolute atomic E-state index is 0.204. The second-order valence-corrected chi connectivity index (χ2v) is 5.10. The summed E-state index contributed by atoms with van der Waals surface area (Å²) in [5.74, 6) is 5.73. The van der Waals surface area contributed by atoms with Gasteiger partial charge >= 0.3 is 0 Å². The Morgan fingerprint density at radius 2 is 2.16 bits per heavy atom. The number of hydrogen-bond acceptors (Lipinski definition) is 4. The van der Waals surface area contributed by atoms with E-state index in [-0.39, 0.29) is 12.1 Å². The first-order valence-electron chi connectivity index (χ1n) is 6.16. The van der Waals surface area contributed by atoms with Gasteiger partial charge in [0.05, 0.1) is 23.0 Å². The quantitative estimate of drug-likeness (QED) is 0.666. The molecule has 0 aliphatic rings. The highest BCUT2D eigenvalue weighted by Crippen LogP contribution is 2.30. The average molecular weight is 280 g/mol. The molecule has 0 spiro atoms. The Morgan fingerprint density at radius 1 is 1.42 bits per heavy atom. The van der Waals surface area contributed by atoms with Gasteiger partial charge in [0.1, 0.15) is 0 Å². The van der Waals surface area contributed by atoms with Crippen LogP contribution in [0.25, 0.3) is 0 Å². The predicted octanol–water partition coefficient (Wildman–Crippen LogP) is 2.37. The Bertz CT molecular complexity index is 564. The highest BCUT2D eigenvalue weighted by molar-refractivity contribution is 6.31. The number of nitrogens with two attached hydrogens (primary N) is 1. The maximum Gasteiger partial charge on any atom is 0.0911 e. The van der Waals surface area contributed by atoms with Crippen molar-refractivity contribution >= 4 is 11.6 Å². The van der Waals surface area contributed by atoms with Crippen LogP contribution in [0, 0.1) is 6.92 Å². The van der Waals surface area contributed by atoms with Crippen LogP contribution in [0.15, 0.2) is 24.5 Å². The lowest BCUT2D eigenvalue weighted by molar-refractivity contribution is 0.475. The average Bonchev–Trinajstić information content (AvgIpc) is 2.75. The van der Waals surface area contributed by atoms with Gasteiger partial charge < -0.3 is 0 Å². The summed E-state index contributed by atoms with van der Waals surface area (Å²) in [7, 11) is 0. The fraction of sp³-hybridized carbons (Fsp3) is 0.385. The van der Waals surface area contributed by atoms with Crippen molar-refractivity contribution in [2.45, 2.75) is 32.9 Å². The van der Waals surface area contributed by atoms with Gasteiger partial charge in [-0.3, -0.25) is 15.5 Å². The third kappa shape index (κ3) is 2.63. The van der Waals surface area contributed by atoms with Gasteiger partial charge in [-0.15, -0.1) is 0 Å². The molecule has 1 atom stereocenters. The van der Waals surface area contributed by atoms with Crippen LogP contribution in [0.3, 0.4) is 0 Å². The smallest absolute Gasteiger partial charge is 0.0911 e. The summed E-state index contributed by atoms with van der Waals surface area (Å²) in [5.41, 5.74) is 5.58. The lowest BCUT2D eigenvalue weighted by Gasteiger charge is -2.21. The van der Waals surface area contributed by atoms with Gasteiger partial charge in [0, 0.05) is 17.9 Å². The SMILES string of the molecule is Cc1ncccc1C(NN)c1c(Cl)cnn1C(C)C. The Kier molecular flexibility index (Phi) is 4.19. The van der Waals surface area contributed by atoms with Crippen LogP contribution in [0.1, 0.15) is 42.9 Å². The number of aryl methyl sites for hydroxylation is 1. The Hall–Kier alpha value is -1.43. The molecule has 0 bridgehead atoms. The van der Waals surface area contributed by atoms with Crippen molar-refractivity contribution in [3.05, 3.63) is 46.5 Å². The molecule has 2 aromatic heterocycles. The number of pyridine rings is 1. The van der Waals surface area contributed by atoms with Crippen molar-refractivity contribution in [1.29, 1.82) is 0 Å². The number of hydrazine groups is 1.